The van der Waals surface area contributed by atoms with Crippen LogP contribution in [0.15, 0.2) is 211 Å². The summed E-state index contributed by atoms with van der Waals surface area (Å²) in [5.74, 6) is 0.904. The normalized spacial score (nSPS) is 13.5. The van der Waals surface area contributed by atoms with Crippen LogP contribution in [-0.4, -0.2) is 5.84 Å². The average molecular weight is 665 g/mol. The smallest absolute Gasteiger partial charge is 0.148 e. The molecule has 1 aliphatic rings. The highest BCUT2D eigenvalue weighted by Gasteiger charge is 2.25. The van der Waals surface area contributed by atoms with Crippen molar-refractivity contribution in [1.29, 1.82) is 0 Å². The Morgan fingerprint density at radius 3 is 0.962 bits per heavy atom. The maximum atomic E-state index is 5.24. The van der Waals surface area contributed by atoms with Crippen LogP contribution in [-0.2, 0) is 0 Å². The first kappa shape index (κ1) is 31.2. The molecule has 9 rings (SSSR count). The quantitative estimate of drug-likeness (QED) is 0.172. The number of nitrogens with one attached hydrogen (secondary N) is 1. The van der Waals surface area contributed by atoms with Crippen LogP contribution < -0.4 is 5.32 Å². The maximum Gasteiger partial charge on any atom is 0.148 e. The van der Waals surface area contributed by atoms with Gasteiger partial charge in [0, 0.05) is 5.56 Å². The van der Waals surface area contributed by atoms with Crippen molar-refractivity contribution in [3.8, 4) is 66.8 Å². The van der Waals surface area contributed by atoms with Crippen molar-refractivity contribution in [3.63, 3.8) is 0 Å². The Morgan fingerprint density at radius 2 is 0.538 bits per heavy atom. The first-order valence-corrected chi connectivity index (χ1v) is 17.8. The topological polar surface area (TPSA) is 24.4 Å². The van der Waals surface area contributed by atoms with E-state index in [4.69, 9.17) is 4.99 Å². The second-order valence-corrected chi connectivity index (χ2v) is 13.3. The molecule has 0 bridgehead atoms. The summed E-state index contributed by atoms with van der Waals surface area (Å²) in [6, 6.07) is 73.7. The molecule has 2 heteroatoms. The van der Waals surface area contributed by atoms with Crippen LogP contribution in [0, 0.1) is 0 Å². The van der Waals surface area contributed by atoms with E-state index in [0.717, 1.165) is 28.1 Å². The molecule has 8 aromatic carbocycles. The number of hydrogen-bond acceptors (Lipinski definition) is 2. The molecule has 1 heterocycles. The Hall–Kier alpha value is -6.77. The molecule has 2 nitrogen and oxygen atoms in total. The summed E-state index contributed by atoms with van der Waals surface area (Å²) in [4.78, 5) is 5.24. The Kier molecular flexibility index (Phi) is 8.32. The van der Waals surface area contributed by atoms with Crippen molar-refractivity contribution in [1.82, 2.24) is 5.32 Å². The largest absolute Gasteiger partial charge is 0.344 e. The maximum absolute atomic E-state index is 5.24. The van der Waals surface area contributed by atoms with Gasteiger partial charge in [0.25, 0.3) is 0 Å². The van der Waals surface area contributed by atoms with Gasteiger partial charge in [-0.2, -0.15) is 0 Å². The standard InChI is InChI=1S/C50H36N2/c1-5-15-35(16-6-1)39-23-13-25-41(27-39)45-29-43(37-19-9-3-10-20-37)31-47(33-45)49-51-50(52-49)48-32-44(38-21-11-4-12-22-38)30-46(34-48)42-26-14-24-40(28-42)36-17-7-2-8-18-36/h1-34,49H,(H,51,52). The van der Waals surface area contributed by atoms with E-state index < -0.39 is 0 Å². The zero-order valence-electron chi connectivity index (χ0n) is 28.7. The minimum atomic E-state index is -0.153. The molecular weight excluding hydrogens is 629 g/mol. The van der Waals surface area contributed by atoms with Crippen LogP contribution >= 0.6 is 0 Å². The summed E-state index contributed by atoms with van der Waals surface area (Å²) in [7, 11) is 0. The number of rotatable bonds is 8. The summed E-state index contributed by atoms with van der Waals surface area (Å²) in [6.45, 7) is 0. The molecule has 0 radical (unpaired) electrons. The van der Waals surface area contributed by atoms with Gasteiger partial charge in [0.15, 0.2) is 0 Å². The molecule has 52 heavy (non-hydrogen) atoms. The minimum absolute atomic E-state index is 0.153. The third kappa shape index (κ3) is 6.46. The molecule has 0 aliphatic carbocycles. The molecular formula is C50H36N2. The van der Waals surface area contributed by atoms with E-state index in [0.29, 0.717) is 0 Å². The van der Waals surface area contributed by atoms with Crippen LogP contribution in [0.4, 0.5) is 0 Å². The fraction of sp³-hybridized carbons (Fsp3) is 0.0200. The van der Waals surface area contributed by atoms with Gasteiger partial charge in [-0.05, 0) is 121 Å². The van der Waals surface area contributed by atoms with E-state index in [2.05, 4.69) is 212 Å². The van der Waals surface area contributed by atoms with Crippen LogP contribution in [0.1, 0.15) is 17.3 Å². The van der Waals surface area contributed by atoms with Crippen molar-refractivity contribution >= 4 is 5.84 Å². The molecule has 0 saturated carbocycles. The Morgan fingerprint density at radius 1 is 0.269 bits per heavy atom. The molecule has 246 valence electrons. The lowest BCUT2D eigenvalue weighted by atomic mass is 9.92. The molecule has 0 saturated heterocycles. The molecule has 1 unspecified atom stereocenters. The van der Waals surface area contributed by atoms with Gasteiger partial charge >= 0.3 is 0 Å². The summed E-state index contributed by atoms with van der Waals surface area (Å²) in [5.41, 5.74) is 16.4. The van der Waals surface area contributed by atoms with Crippen molar-refractivity contribution in [2.75, 3.05) is 0 Å². The van der Waals surface area contributed by atoms with Crippen LogP contribution in [0.5, 0.6) is 0 Å². The molecule has 0 aromatic heterocycles. The Bertz CT molecular complexity index is 2520. The highest BCUT2D eigenvalue weighted by atomic mass is 15.2. The number of benzene rings is 8. The zero-order chi connectivity index (χ0) is 34.7. The van der Waals surface area contributed by atoms with Gasteiger partial charge in [-0.15, -0.1) is 0 Å². The van der Waals surface area contributed by atoms with Gasteiger partial charge in [-0.25, -0.2) is 4.99 Å². The lowest BCUT2D eigenvalue weighted by Crippen LogP contribution is -2.38. The summed E-state index contributed by atoms with van der Waals surface area (Å²) >= 11 is 0. The third-order valence-electron chi connectivity index (χ3n) is 9.83. The van der Waals surface area contributed by atoms with Gasteiger partial charge in [-0.1, -0.05) is 158 Å². The monoisotopic (exact) mass is 664 g/mol. The number of hydrogen-bond donors (Lipinski definition) is 1. The zero-order valence-corrected chi connectivity index (χ0v) is 28.7. The highest BCUT2D eigenvalue weighted by Crippen LogP contribution is 2.36. The van der Waals surface area contributed by atoms with E-state index >= 15 is 0 Å². The third-order valence-corrected chi connectivity index (χ3v) is 9.83. The van der Waals surface area contributed by atoms with Crippen molar-refractivity contribution < 1.29 is 0 Å². The van der Waals surface area contributed by atoms with E-state index in [9.17, 15) is 0 Å². The van der Waals surface area contributed by atoms with Gasteiger partial charge in [-0.3, -0.25) is 0 Å². The number of aliphatic imine (C=N–C) groups is 1. The predicted molar refractivity (Wildman–Crippen MR) is 218 cm³/mol. The van der Waals surface area contributed by atoms with Crippen LogP contribution in [0.25, 0.3) is 66.8 Å². The van der Waals surface area contributed by atoms with Gasteiger partial charge in [0.05, 0.1) is 0 Å². The second kappa shape index (κ2) is 13.9. The van der Waals surface area contributed by atoms with E-state index in [-0.39, 0.29) is 6.17 Å². The summed E-state index contributed by atoms with van der Waals surface area (Å²) in [6.07, 6.45) is -0.153. The van der Waals surface area contributed by atoms with Crippen molar-refractivity contribution in [2.45, 2.75) is 6.17 Å². The highest BCUT2D eigenvalue weighted by molar-refractivity contribution is 6.04. The average Bonchev–Trinajstić information content (AvgIpc) is 3.21. The van der Waals surface area contributed by atoms with Crippen molar-refractivity contribution in [3.05, 3.63) is 217 Å². The molecule has 1 atom stereocenters. The Labute approximate surface area is 305 Å². The summed E-state index contributed by atoms with van der Waals surface area (Å²) in [5, 5.41) is 3.75. The number of nitrogens with zero attached hydrogens (tertiary/aromatic N) is 1. The summed E-state index contributed by atoms with van der Waals surface area (Å²) < 4.78 is 0. The fourth-order valence-electron chi connectivity index (χ4n) is 7.10. The predicted octanol–water partition coefficient (Wildman–Crippen LogP) is 12.7. The first-order valence-electron chi connectivity index (χ1n) is 17.8. The van der Waals surface area contributed by atoms with Crippen LogP contribution in [0.2, 0.25) is 0 Å². The fourth-order valence-corrected chi connectivity index (χ4v) is 7.10. The van der Waals surface area contributed by atoms with Gasteiger partial charge < -0.3 is 5.32 Å². The Balaban J connectivity index is 1.10. The van der Waals surface area contributed by atoms with Crippen LogP contribution in [0.3, 0.4) is 0 Å². The molecule has 0 amide bonds. The molecule has 1 N–H and O–H groups in total. The minimum Gasteiger partial charge on any atom is -0.344 e. The van der Waals surface area contributed by atoms with E-state index in [1.807, 2.05) is 0 Å². The van der Waals surface area contributed by atoms with Gasteiger partial charge in [0.1, 0.15) is 12.0 Å². The molecule has 0 spiro atoms. The second-order valence-electron chi connectivity index (χ2n) is 13.3. The molecule has 1 aliphatic heterocycles. The van der Waals surface area contributed by atoms with E-state index in [1.165, 1.54) is 55.6 Å². The first-order chi connectivity index (χ1) is 25.7. The molecule has 8 aromatic rings. The van der Waals surface area contributed by atoms with Crippen molar-refractivity contribution in [2.24, 2.45) is 4.99 Å². The molecule has 0 fully saturated rings. The number of amidine groups is 1. The SMILES string of the molecule is c1ccc(-c2cccc(-c3cc(C4=NC(c5cc(-c6ccccc6)cc(-c6cccc(-c7ccccc7)c6)c5)N4)cc(-c4ccccc4)c3)c2)cc1. The lowest BCUT2D eigenvalue weighted by molar-refractivity contribution is 0.616. The lowest BCUT2D eigenvalue weighted by Gasteiger charge is -2.29. The van der Waals surface area contributed by atoms with E-state index in [1.54, 1.807) is 0 Å². The van der Waals surface area contributed by atoms with Gasteiger partial charge in [0.2, 0.25) is 0 Å².